The smallest absolute Gasteiger partial charge is 0.214 e. The van der Waals surface area contributed by atoms with Crippen molar-refractivity contribution in [1.29, 1.82) is 0 Å². The van der Waals surface area contributed by atoms with E-state index < -0.39 is 10.0 Å². The van der Waals surface area contributed by atoms with Gasteiger partial charge in [-0.3, -0.25) is 0 Å². The second-order valence-corrected chi connectivity index (χ2v) is 7.03. The number of fused-ring (bicyclic) bond motifs is 2. The van der Waals surface area contributed by atoms with Gasteiger partial charge in [0.1, 0.15) is 0 Å². The number of sulfonamides is 1. The molecule has 0 heterocycles. The van der Waals surface area contributed by atoms with Gasteiger partial charge in [0.15, 0.2) is 0 Å². The average molecular weight is 217 g/mol. The maximum atomic E-state index is 11.7. The quantitative estimate of drug-likeness (QED) is 0.776. The Balaban J connectivity index is 2.10. The molecular formula is C10H19NO2S. The SMILES string of the molecule is CNS(=O)(=O)C(C)C1CC2CCC1C2. The molecule has 4 heteroatoms. The van der Waals surface area contributed by atoms with Crippen LogP contribution in [0.2, 0.25) is 0 Å². The van der Waals surface area contributed by atoms with E-state index in [0.29, 0.717) is 11.8 Å². The van der Waals surface area contributed by atoms with Gasteiger partial charge in [-0.1, -0.05) is 6.42 Å². The Morgan fingerprint density at radius 3 is 2.43 bits per heavy atom. The molecule has 2 aliphatic rings. The van der Waals surface area contributed by atoms with Crippen molar-refractivity contribution in [2.24, 2.45) is 17.8 Å². The van der Waals surface area contributed by atoms with Crippen molar-refractivity contribution in [2.75, 3.05) is 7.05 Å². The summed E-state index contributed by atoms with van der Waals surface area (Å²) in [5, 5.41) is -0.206. The lowest BCUT2D eigenvalue weighted by molar-refractivity contribution is 0.323. The van der Waals surface area contributed by atoms with Crippen molar-refractivity contribution in [3.63, 3.8) is 0 Å². The van der Waals surface area contributed by atoms with Crippen molar-refractivity contribution in [3.8, 4) is 0 Å². The summed E-state index contributed by atoms with van der Waals surface area (Å²) < 4.78 is 25.8. The molecule has 2 bridgehead atoms. The maximum absolute atomic E-state index is 11.7. The normalized spacial score (nSPS) is 38.9. The highest BCUT2D eigenvalue weighted by molar-refractivity contribution is 7.90. The van der Waals surface area contributed by atoms with Gasteiger partial charge in [0.05, 0.1) is 5.25 Å². The van der Waals surface area contributed by atoms with E-state index in [9.17, 15) is 8.42 Å². The van der Waals surface area contributed by atoms with E-state index >= 15 is 0 Å². The van der Waals surface area contributed by atoms with Crippen LogP contribution in [0.1, 0.15) is 32.6 Å². The Bertz CT molecular complexity index is 312. The van der Waals surface area contributed by atoms with E-state index in [1.807, 2.05) is 6.92 Å². The monoisotopic (exact) mass is 217 g/mol. The van der Waals surface area contributed by atoms with E-state index in [1.165, 1.54) is 26.3 Å². The number of hydrogen-bond acceptors (Lipinski definition) is 2. The summed E-state index contributed by atoms with van der Waals surface area (Å²) in [6.45, 7) is 1.86. The highest BCUT2D eigenvalue weighted by Crippen LogP contribution is 2.50. The summed E-state index contributed by atoms with van der Waals surface area (Å²) in [5.41, 5.74) is 0. The first kappa shape index (κ1) is 10.4. The summed E-state index contributed by atoms with van der Waals surface area (Å²) in [5.74, 6) is 1.91. The highest BCUT2D eigenvalue weighted by atomic mass is 32.2. The van der Waals surface area contributed by atoms with E-state index in [2.05, 4.69) is 4.72 Å². The lowest BCUT2D eigenvalue weighted by Crippen LogP contribution is -2.37. The maximum Gasteiger partial charge on any atom is 0.214 e. The van der Waals surface area contributed by atoms with Crippen LogP contribution in [0, 0.1) is 17.8 Å². The van der Waals surface area contributed by atoms with Crippen LogP contribution in [0.15, 0.2) is 0 Å². The van der Waals surface area contributed by atoms with Crippen molar-refractivity contribution in [3.05, 3.63) is 0 Å². The zero-order valence-corrected chi connectivity index (χ0v) is 9.68. The first-order valence-corrected chi connectivity index (χ1v) is 7.01. The number of rotatable bonds is 3. The molecule has 3 nitrogen and oxygen atoms in total. The molecule has 0 saturated heterocycles. The topological polar surface area (TPSA) is 46.2 Å². The molecule has 2 rings (SSSR count). The van der Waals surface area contributed by atoms with Crippen LogP contribution in [-0.4, -0.2) is 20.7 Å². The first-order chi connectivity index (χ1) is 6.54. The lowest BCUT2D eigenvalue weighted by Gasteiger charge is -2.27. The molecule has 0 amide bonds. The number of hydrogen-bond donors (Lipinski definition) is 1. The molecule has 0 aliphatic heterocycles. The minimum atomic E-state index is -3.05. The third kappa shape index (κ3) is 1.58. The predicted molar refractivity (Wildman–Crippen MR) is 56.4 cm³/mol. The third-order valence-electron chi connectivity index (χ3n) is 4.17. The van der Waals surface area contributed by atoms with Crippen LogP contribution in [0.3, 0.4) is 0 Å². The zero-order valence-electron chi connectivity index (χ0n) is 8.86. The van der Waals surface area contributed by atoms with E-state index in [0.717, 1.165) is 12.3 Å². The Morgan fingerprint density at radius 2 is 2.00 bits per heavy atom. The molecule has 14 heavy (non-hydrogen) atoms. The minimum Gasteiger partial charge on any atom is -0.218 e. The summed E-state index contributed by atoms with van der Waals surface area (Å²) in [6, 6.07) is 0. The van der Waals surface area contributed by atoms with Crippen molar-refractivity contribution >= 4 is 10.0 Å². The Labute approximate surface area is 86.3 Å². The standard InChI is InChI=1S/C10H19NO2S/c1-7(14(12,13)11-2)10-6-8-3-4-9(10)5-8/h7-11H,3-6H2,1-2H3. The third-order valence-corrected chi connectivity index (χ3v) is 6.07. The van der Waals surface area contributed by atoms with E-state index in [-0.39, 0.29) is 5.25 Å². The molecule has 0 spiro atoms. The minimum absolute atomic E-state index is 0.206. The van der Waals surface area contributed by atoms with Gasteiger partial charge in [-0.25, -0.2) is 13.1 Å². The number of nitrogens with one attached hydrogen (secondary N) is 1. The van der Waals surface area contributed by atoms with Gasteiger partial charge in [-0.15, -0.1) is 0 Å². The Hall–Kier alpha value is -0.0900. The largest absolute Gasteiger partial charge is 0.218 e. The zero-order chi connectivity index (χ0) is 10.3. The molecule has 4 unspecified atom stereocenters. The fraction of sp³-hybridized carbons (Fsp3) is 1.00. The molecule has 2 saturated carbocycles. The lowest BCUT2D eigenvalue weighted by atomic mass is 9.87. The van der Waals surface area contributed by atoms with E-state index in [1.54, 1.807) is 0 Å². The molecule has 0 aromatic heterocycles. The fourth-order valence-corrected chi connectivity index (χ4v) is 4.45. The van der Waals surface area contributed by atoms with Crippen LogP contribution in [0.25, 0.3) is 0 Å². The van der Waals surface area contributed by atoms with Crippen LogP contribution < -0.4 is 4.72 Å². The fourth-order valence-electron chi connectivity index (χ4n) is 3.28. The van der Waals surface area contributed by atoms with Gasteiger partial charge in [-0.05, 0) is 51.0 Å². The second kappa shape index (κ2) is 3.49. The first-order valence-electron chi connectivity index (χ1n) is 5.47. The molecule has 0 aromatic rings. The molecule has 2 aliphatic carbocycles. The van der Waals surface area contributed by atoms with Gasteiger partial charge < -0.3 is 0 Å². The van der Waals surface area contributed by atoms with Crippen molar-refractivity contribution < 1.29 is 8.42 Å². The summed E-state index contributed by atoms with van der Waals surface area (Å²) in [6.07, 6.45) is 4.98. The van der Waals surface area contributed by atoms with Crippen LogP contribution in [0.4, 0.5) is 0 Å². The molecule has 2 fully saturated rings. The van der Waals surface area contributed by atoms with Crippen molar-refractivity contribution in [2.45, 2.75) is 37.9 Å². The highest BCUT2D eigenvalue weighted by Gasteiger charge is 2.44. The van der Waals surface area contributed by atoms with Gasteiger partial charge in [0.2, 0.25) is 10.0 Å². The van der Waals surface area contributed by atoms with Crippen LogP contribution in [-0.2, 0) is 10.0 Å². The van der Waals surface area contributed by atoms with E-state index in [4.69, 9.17) is 0 Å². The van der Waals surface area contributed by atoms with Gasteiger partial charge in [0.25, 0.3) is 0 Å². The summed E-state index contributed by atoms with van der Waals surface area (Å²) in [7, 11) is -1.54. The van der Waals surface area contributed by atoms with Crippen LogP contribution >= 0.6 is 0 Å². The van der Waals surface area contributed by atoms with Gasteiger partial charge in [-0.2, -0.15) is 0 Å². The van der Waals surface area contributed by atoms with Crippen molar-refractivity contribution in [1.82, 2.24) is 4.72 Å². The molecular weight excluding hydrogens is 198 g/mol. The Kier molecular flexibility index (Phi) is 2.60. The summed E-state index contributed by atoms with van der Waals surface area (Å²) >= 11 is 0. The molecule has 0 radical (unpaired) electrons. The van der Waals surface area contributed by atoms with Gasteiger partial charge >= 0.3 is 0 Å². The van der Waals surface area contributed by atoms with Crippen LogP contribution in [0.5, 0.6) is 0 Å². The average Bonchev–Trinajstić information content (AvgIpc) is 2.77. The molecule has 4 atom stereocenters. The summed E-state index contributed by atoms with van der Waals surface area (Å²) in [4.78, 5) is 0. The predicted octanol–water partition coefficient (Wildman–Crippen LogP) is 1.36. The molecule has 1 N–H and O–H groups in total. The van der Waals surface area contributed by atoms with Gasteiger partial charge in [0, 0.05) is 0 Å². The molecule has 0 aromatic carbocycles. The Morgan fingerprint density at radius 1 is 1.29 bits per heavy atom. The molecule has 82 valence electrons. The second-order valence-electron chi connectivity index (χ2n) is 4.79.